The Morgan fingerprint density at radius 3 is 2.13 bits per heavy atom. The van der Waals surface area contributed by atoms with Crippen LogP contribution in [0.2, 0.25) is 0 Å². The SMILES string of the molecule is CC1CCN(c2ncc(C(C)CC(C)(C)N3CC4(CCN(C(C)C)CC4)C3)cn2)CC1. The average Bonchev–Trinajstić information content (AvgIpc) is 2.72. The van der Waals surface area contributed by atoms with E-state index in [1.165, 1.54) is 57.4 Å². The predicted octanol–water partition coefficient (Wildman–Crippen LogP) is 4.79. The van der Waals surface area contributed by atoms with Crippen LogP contribution in [-0.2, 0) is 0 Å². The first-order valence-corrected chi connectivity index (χ1v) is 12.7. The van der Waals surface area contributed by atoms with Crippen LogP contribution < -0.4 is 4.90 Å². The van der Waals surface area contributed by atoms with Gasteiger partial charge in [0.15, 0.2) is 0 Å². The minimum Gasteiger partial charge on any atom is -0.341 e. The van der Waals surface area contributed by atoms with E-state index in [0.717, 1.165) is 31.4 Å². The molecule has 3 saturated heterocycles. The molecular formula is C26H45N5. The van der Waals surface area contributed by atoms with Crippen molar-refractivity contribution in [3.05, 3.63) is 18.0 Å². The average molecular weight is 428 g/mol. The lowest BCUT2D eigenvalue weighted by atomic mass is 9.69. The fraction of sp³-hybridized carbons (Fsp3) is 0.846. The smallest absolute Gasteiger partial charge is 0.225 e. The highest BCUT2D eigenvalue weighted by Gasteiger charge is 2.49. The van der Waals surface area contributed by atoms with E-state index in [0.29, 0.717) is 17.4 Å². The molecule has 174 valence electrons. The van der Waals surface area contributed by atoms with Crippen LogP contribution >= 0.6 is 0 Å². The zero-order chi connectivity index (χ0) is 22.2. The molecule has 0 aromatic carbocycles. The highest BCUT2D eigenvalue weighted by Crippen LogP contribution is 2.45. The summed E-state index contributed by atoms with van der Waals surface area (Å²) < 4.78 is 0. The molecule has 3 aliphatic heterocycles. The van der Waals surface area contributed by atoms with Crippen molar-refractivity contribution >= 4 is 5.95 Å². The van der Waals surface area contributed by atoms with Crippen LogP contribution in [-0.4, -0.2) is 70.6 Å². The highest BCUT2D eigenvalue weighted by molar-refractivity contribution is 5.31. The molecule has 0 saturated carbocycles. The summed E-state index contributed by atoms with van der Waals surface area (Å²) in [6, 6.07) is 0.693. The van der Waals surface area contributed by atoms with Gasteiger partial charge < -0.3 is 9.80 Å². The lowest BCUT2D eigenvalue weighted by Gasteiger charge is -2.60. The topological polar surface area (TPSA) is 35.5 Å². The molecule has 5 nitrogen and oxygen atoms in total. The summed E-state index contributed by atoms with van der Waals surface area (Å²) in [7, 11) is 0. The molecule has 0 radical (unpaired) electrons. The van der Waals surface area contributed by atoms with Crippen molar-refractivity contribution in [3.63, 3.8) is 0 Å². The van der Waals surface area contributed by atoms with Crippen molar-refractivity contribution in [1.82, 2.24) is 19.8 Å². The number of piperidine rings is 2. The Labute approximate surface area is 190 Å². The van der Waals surface area contributed by atoms with E-state index in [4.69, 9.17) is 9.97 Å². The number of hydrogen-bond acceptors (Lipinski definition) is 5. The van der Waals surface area contributed by atoms with Gasteiger partial charge in [-0.25, -0.2) is 9.97 Å². The summed E-state index contributed by atoms with van der Waals surface area (Å²) >= 11 is 0. The lowest BCUT2D eigenvalue weighted by Crippen LogP contribution is -2.66. The second kappa shape index (κ2) is 8.97. The fourth-order valence-electron chi connectivity index (χ4n) is 5.98. The molecule has 1 aromatic rings. The van der Waals surface area contributed by atoms with E-state index in [9.17, 15) is 0 Å². The van der Waals surface area contributed by atoms with Gasteiger partial charge in [-0.3, -0.25) is 4.90 Å². The molecule has 4 heterocycles. The summed E-state index contributed by atoms with van der Waals surface area (Å²) in [5.41, 5.74) is 2.09. The van der Waals surface area contributed by atoms with Crippen LogP contribution in [0.15, 0.2) is 12.4 Å². The maximum absolute atomic E-state index is 4.74. The normalized spacial score (nSPS) is 24.5. The zero-order valence-electron chi connectivity index (χ0n) is 20.9. The van der Waals surface area contributed by atoms with Crippen molar-refractivity contribution in [2.75, 3.05) is 44.2 Å². The molecule has 1 atom stereocenters. The number of hydrogen-bond donors (Lipinski definition) is 0. The number of rotatable bonds is 6. The maximum Gasteiger partial charge on any atom is 0.225 e. The Kier molecular flexibility index (Phi) is 6.65. The molecule has 1 spiro atoms. The first-order chi connectivity index (χ1) is 14.7. The van der Waals surface area contributed by atoms with Gasteiger partial charge in [0.1, 0.15) is 0 Å². The Morgan fingerprint density at radius 1 is 1.00 bits per heavy atom. The molecule has 0 bridgehead atoms. The van der Waals surface area contributed by atoms with Crippen molar-refractivity contribution in [2.24, 2.45) is 11.3 Å². The molecule has 3 fully saturated rings. The van der Waals surface area contributed by atoms with E-state index in [1.807, 2.05) is 0 Å². The largest absolute Gasteiger partial charge is 0.341 e. The number of likely N-dealkylation sites (tertiary alicyclic amines) is 2. The van der Waals surface area contributed by atoms with Crippen LogP contribution in [0.4, 0.5) is 5.95 Å². The Bertz CT molecular complexity index is 704. The minimum atomic E-state index is 0.224. The minimum absolute atomic E-state index is 0.224. The molecular weight excluding hydrogens is 382 g/mol. The van der Waals surface area contributed by atoms with Crippen molar-refractivity contribution in [2.45, 2.75) is 91.1 Å². The monoisotopic (exact) mass is 427 g/mol. The molecule has 0 amide bonds. The molecule has 4 rings (SSSR count). The molecule has 31 heavy (non-hydrogen) atoms. The van der Waals surface area contributed by atoms with E-state index >= 15 is 0 Å². The zero-order valence-corrected chi connectivity index (χ0v) is 20.9. The van der Waals surface area contributed by atoms with Gasteiger partial charge in [-0.1, -0.05) is 13.8 Å². The molecule has 1 unspecified atom stereocenters. The van der Waals surface area contributed by atoms with Gasteiger partial charge in [-0.05, 0) is 95.7 Å². The van der Waals surface area contributed by atoms with E-state index in [-0.39, 0.29) is 5.54 Å². The van der Waals surface area contributed by atoms with Gasteiger partial charge in [0, 0.05) is 50.2 Å². The summed E-state index contributed by atoms with van der Waals surface area (Å²) in [5, 5.41) is 0. The van der Waals surface area contributed by atoms with Gasteiger partial charge in [-0.2, -0.15) is 0 Å². The standard InChI is InChI=1S/C26H45N5/c1-20(2)29-13-9-26(10-14-29)18-31(19-26)25(5,6)15-22(4)23-16-27-24(28-17-23)30-11-7-21(3)8-12-30/h16-17,20-22H,7-15,18-19H2,1-6H3. The van der Waals surface area contributed by atoms with Gasteiger partial charge in [0.05, 0.1) is 0 Å². The third-order valence-corrected chi connectivity index (χ3v) is 8.60. The summed E-state index contributed by atoms with van der Waals surface area (Å²) in [4.78, 5) is 17.2. The molecule has 5 heteroatoms. The quantitative estimate of drug-likeness (QED) is 0.652. The molecule has 0 N–H and O–H groups in total. The number of aromatic nitrogens is 2. The van der Waals surface area contributed by atoms with Crippen LogP contribution in [0.3, 0.4) is 0 Å². The number of nitrogens with zero attached hydrogens (tertiary/aromatic N) is 5. The van der Waals surface area contributed by atoms with Gasteiger partial charge in [0.25, 0.3) is 0 Å². The Balaban J connectivity index is 1.29. The molecule has 3 aliphatic rings. The summed E-state index contributed by atoms with van der Waals surface area (Å²) in [6.07, 6.45) is 10.6. The van der Waals surface area contributed by atoms with Crippen LogP contribution in [0.25, 0.3) is 0 Å². The van der Waals surface area contributed by atoms with Crippen LogP contribution in [0.5, 0.6) is 0 Å². The third-order valence-electron chi connectivity index (χ3n) is 8.60. The first kappa shape index (κ1) is 23.0. The summed E-state index contributed by atoms with van der Waals surface area (Å²) in [5.74, 6) is 2.23. The summed E-state index contributed by atoms with van der Waals surface area (Å²) in [6.45, 7) is 21.5. The van der Waals surface area contributed by atoms with Gasteiger partial charge >= 0.3 is 0 Å². The van der Waals surface area contributed by atoms with E-state index < -0.39 is 0 Å². The highest BCUT2D eigenvalue weighted by atomic mass is 15.3. The van der Waals surface area contributed by atoms with E-state index in [1.54, 1.807) is 0 Å². The molecule has 0 aliphatic carbocycles. The van der Waals surface area contributed by atoms with Crippen molar-refractivity contribution in [1.29, 1.82) is 0 Å². The molecule has 1 aromatic heterocycles. The third kappa shape index (κ3) is 5.08. The first-order valence-electron chi connectivity index (χ1n) is 12.7. The lowest BCUT2D eigenvalue weighted by molar-refractivity contribution is -0.101. The van der Waals surface area contributed by atoms with E-state index in [2.05, 4.69) is 68.6 Å². The Hall–Kier alpha value is -1.20. The fourth-order valence-corrected chi connectivity index (χ4v) is 5.98. The second-order valence-corrected chi connectivity index (χ2v) is 11.9. The van der Waals surface area contributed by atoms with Gasteiger partial charge in [-0.15, -0.1) is 0 Å². The maximum atomic E-state index is 4.74. The van der Waals surface area contributed by atoms with Gasteiger partial charge in [0.2, 0.25) is 5.95 Å². The van der Waals surface area contributed by atoms with Crippen LogP contribution in [0, 0.1) is 11.3 Å². The van der Waals surface area contributed by atoms with Crippen molar-refractivity contribution < 1.29 is 0 Å². The van der Waals surface area contributed by atoms with Crippen LogP contribution in [0.1, 0.15) is 85.1 Å². The second-order valence-electron chi connectivity index (χ2n) is 11.9. The van der Waals surface area contributed by atoms with Crippen molar-refractivity contribution in [3.8, 4) is 0 Å². The predicted molar refractivity (Wildman–Crippen MR) is 130 cm³/mol. The Morgan fingerprint density at radius 2 is 1.58 bits per heavy atom. The number of anilines is 1.